The Bertz CT molecular complexity index is 705. The van der Waals surface area contributed by atoms with E-state index < -0.39 is 0 Å². The maximum Gasteiger partial charge on any atom is 0.257 e. The highest BCUT2D eigenvalue weighted by molar-refractivity contribution is 6.32. The number of ether oxygens (including phenoxy) is 1. The number of carbonyl (C=O) groups is 1. The Kier molecular flexibility index (Phi) is 7.03. The molecule has 0 spiro atoms. The molecule has 25 heavy (non-hydrogen) atoms. The lowest BCUT2D eigenvalue weighted by Gasteiger charge is -2.11. The number of halogens is 1. The second-order valence-corrected chi connectivity index (χ2v) is 6.23. The summed E-state index contributed by atoms with van der Waals surface area (Å²) in [5.74, 6) is 1.07. The van der Waals surface area contributed by atoms with Gasteiger partial charge in [-0.05, 0) is 57.4 Å². The Balaban J connectivity index is 1.90. The second-order valence-electron chi connectivity index (χ2n) is 5.82. The fraction of sp³-hybridized carbons (Fsp3) is 0.333. The molecular weight excluding hydrogens is 340 g/mol. The summed E-state index contributed by atoms with van der Waals surface area (Å²) in [6, 6.07) is 8.62. The molecule has 0 radical (unpaired) electrons. The average molecular weight is 363 g/mol. The Labute approximate surface area is 153 Å². The molecule has 0 unspecified atom stereocenters. The number of carbonyl (C=O) groups excluding carboxylic acids is 1. The van der Waals surface area contributed by atoms with Crippen LogP contribution in [0.2, 0.25) is 5.02 Å². The van der Waals surface area contributed by atoms with E-state index in [0.717, 1.165) is 25.3 Å². The lowest BCUT2D eigenvalue weighted by molar-refractivity contribution is 0.102. The minimum Gasteiger partial charge on any atom is -0.495 e. The summed E-state index contributed by atoms with van der Waals surface area (Å²) in [4.78, 5) is 18.7. The van der Waals surface area contributed by atoms with E-state index in [-0.39, 0.29) is 5.91 Å². The molecule has 0 saturated carbocycles. The minimum atomic E-state index is -0.243. The summed E-state index contributed by atoms with van der Waals surface area (Å²) < 4.78 is 5.09. The summed E-state index contributed by atoms with van der Waals surface area (Å²) in [6.07, 6.45) is 2.57. The van der Waals surface area contributed by atoms with Crippen molar-refractivity contribution in [1.29, 1.82) is 0 Å². The summed E-state index contributed by atoms with van der Waals surface area (Å²) in [5.41, 5.74) is 1.08. The van der Waals surface area contributed by atoms with E-state index in [1.54, 1.807) is 43.6 Å². The SMILES string of the molecule is COc1ccc(NC(=O)c2ccc(NCCCN(C)C)nc2)cc1Cl. The van der Waals surface area contributed by atoms with Gasteiger partial charge in [0.25, 0.3) is 5.91 Å². The number of anilines is 2. The van der Waals surface area contributed by atoms with Crippen LogP contribution in [0.25, 0.3) is 0 Å². The van der Waals surface area contributed by atoms with Gasteiger partial charge in [-0.25, -0.2) is 4.98 Å². The van der Waals surface area contributed by atoms with Gasteiger partial charge in [0.1, 0.15) is 11.6 Å². The quantitative estimate of drug-likeness (QED) is 0.705. The first kappa shape index (κ1) is 19.0. The molecule has 0 aliphatic carbocycles. The van der Waals surface area contributed by atoms with Crippen LogP contribution in [0.4, 0.5) is 11.5 Å². The molecule has 134 valence electrons. The van der Waals surface area contributed by atoms with E-state index in [0.29, 0.717) is 22.0 Å². The number of hydrogen-bond donors (Lipinski definition) is 2. The fourth-order valence-corrected chi connectivity index (χ4v) is 2.45. The zero-order valence-corrected chi connectivity index (χ0v) is 15.4. The topological polar surface area (TPSA) is 66.5 Å². The van der Waals surface area contributed by atoms with Gasteiger partial charge in [0.15, 0.2) is 0 Å². The van der Waals surface area contributed by atoms with E-state index in [1.807, 2.05) is 14.1 Å². The van der Waals surface area contributed by atoms with E-state index in [1.165, 1.54) is 0 Å². The number of methoxy groups -OCH3 is 1. The van der Waals surface area contributed by atoms with Gasteiger partial charge in [-0.15, -0.1) is 0 Å². The maximum absolute atomic E-state index is 12.3. The standard InChI is InChI=1S/C18H23ClN4O2/c1-23(2)10-4-9-20-17-8-5-13(12-21-17)18(24)22-14-6-7-16(25-3)15(19)11-14/h5-8,11-12H,4,9-10H2,1-3H3,(H,20,21)(H,22,24). The Morgan fingerprint density at radius 2 is 2.08 bits per heavy atom. The molecule has 0 fully saturated rings. The largest absolute Gasteiger partial charge is 0.495 e. The van der Waals surface area contributed by atoms with E-state index >= 15 is 0 Å². The highest BCUT2D eigenvalue weighted by Crippen LogP contribution is 2.27. The van der Waals surface area contributed by atoms with Crippen molar-refractivity contribution in [3.05, 3.63) is 47.1 Å². The molecule has 6 nitrogen and oxygen atoms in total. The number of benzene rings is 1. The minimum absolute atomic E-state index is 0.243. The summed E-state index contributed by atoms with van der Waals surface area (Å²) in [7, 11) is 5.63. The van der Waals surface area contributed by atoms with E-state index in [9.17, 15) is 4.79 Å². The van der Waals surface area contributed by atoms with Gasteiger partial charge in [0.05, 0.1) is 17.7 Å². The van der Waals surface area contributed by atoms with E-state index in [4.69, 9.17) is 16.3 Å². The number of hydrogen-bond acceptors (Lipinski definition) is 5. The molecule has 0 atom stereocenters. The molecule has 1 amide bonds. The predicted molar refractivity (Wildman–Crippen MR) is 102 cm³/mol. The number of pyridine rings is 1. The van der Waals surface area contributed by atoms with Gasteiger partial charge in [0, 0.05) is 18.4 Å². The number of rotatable bonds is 8. The smallest absolute Gasteiger partial charge is 0.257 e. The fourth-order valence-electron chi connectivity index (χ4n) is 2.19. The first-order chi connectivity index (χ1) is 12.0. The van der Waals surface area contributed by atoms with Gasteiger partial charge in [0.2, 0.25) is 0 Å². The summed E-state index contributed by atoms with van der Waals surface area (Å²) in [6.45, 7) is 1.85. The van der Waals surface area contributed by atoms with Crippen LogP contribution in [0.5, 0.6) is 5.75 Å². The molecule has 0 saturated heterocycles. The van der Waals surface area contributed by atoms with Crippen LogP contribution in [0.1, 0.15) is 16.8 Å². The van der Waals surface area contributed by atoms with Crippen LogP contribution in [0.15, 0.2) is 36.5 Å². The third-order valence-corrected chi connectivity index (χ3v) is 3.82. The van der Waals surface area contributed by atoms with Crippen molar-refractivity contribution >= 4 is 29.0 Å². The molecule has 1 aromatic heterocycles. The van der Waals surface area contributed by atoms with Crippen molar-refractivity contribution in [2.45, 2.75) is 6.42 Å². The van der Waals surface area contributed by atoms with Crippen LogP contribution >= 0.6 is 11.6 Å². The van der Waals surface area contributed by atoms with Gasteiger partial charge < -0.3 is 20.3 Å². The zero-order chi connectivity index (χ0) is 18.2. The third-order valence-electron chi connectivity index (χ3n) is 3.52. The molecule has 1 aromatic carbocycles. The molecule has 1 heterocycles. The second kappa shape index (κ2) is 9.25. The van der Waals surface area contributed by atoms with Crippen LogP contribution in [0, 0.1) is 0 Å². The van der Waals surface area contributed by atoms with Gasteiger partial charge in [-0.1, -0.05) is 11.6 Å². The van der Waals surface area contributed by atoms with Crippen LogP contribution in [0.3, 0.4) is 0 Å². The molecule has 2 aromatic rings. The molecule has 0 bridgehead atoms. The van der Waals surface area contributed by atoms with Crippen LogP contribution in [-0.2, 0) is 0 Å². The van der Waals surface area contributed by atoms with Crippen LogP contribution < -0.4 is 15.4 Å². The molecule has 0 aliphatic heterocycles. The predicted octanol–water partition coefficient (Wildman–Crippen LogP) is 3.36. The average Bonchev–Trinajstić information content (AvgIpc) is 2.59. The first-order valence-corrected chi connectivity index (χ1v) is 8.37. The van der Waals surface area contributed by atoms with Crippen molar-refractivity contribution in [1.82, 2.24) is 9.88 Å². The Morgan fingerprint density at radius 3 is 2.68 bits per heavy atom. The first-order valence-electron chi connectivity index (χ1n) is 7.99. The Morgan fingerprint density at radius 1 is 1.28 bits per heavy atom. The molecule has 0 aliphatic rings. The lowest BCUT2D eigenvalue weighted by atomic mass is 10.2. The van der Waals surface area contributed by atoms with Gasteiger partial charge in [-0.2, -0.15) is 0 Å². The lowest BCUT2D eigenvalue weighted by Crippen LogP contribution is -2.17. The monoisotopic (exact) mass is 362 g/mol. The van der Waals surface area contributed by atoms with Gasteiger partial charge >= 0.3 is 0 Å². The van der Waals surface area contributed by atoms with Crippen molar-refractivity contribution in [3.63, 3.8) is 0 Å². The van der Waals surface area contributed by atoms with Crippen molar-refractivity contribution < 1.29 is 9.53 Å². The maximum atomic E-state index is 12.3. The normalized spacial score (nSPS) is 10.6. The zero-order valence-electron chi connectivity index (χ0n) is 14.7. The summed E-state index contributed by atoms with van der Waals surface area (Å²) in [5, 5.41) is 6.47. The molecular formula is C18H23ClN4O2. The Hall–Kier alpha value is -2.31. The summed E-state index contributed by atoms with van der Waals surface area (Å²) >= 11 is 6.06. The van der Waals surface area contributed by atoms with Gasteiger partial charge in [-0.3, -0.25) is 4.79 Å². The highest BCUT2D eigenvalue weighted by Gasteiger charge is 2.09. The molecule has 2 rings (SSSR count). The van der Waals surface area contributed by atoms with Crippen molar-refractivity contribution in [2.24, 2.45) is 0 Å². The van der Waals surface area contributed by atoms with Crippen molar-refractivity contribution in [3.8, 4) is 5.75 Å². The molecule has 2 N–H and O–H groups in total. The number of amides is 1. The number of nitrogens with one attached hydrogen (secondary N) is 2. The van der Waals surface area contributed by atoms with E-state index in [2.05, 4.69) is 20.5 Å². The molecule has 7 heteroatoms. The van der Waals surface area contributed by atoms with Crippen LogP contribution in [-0.4, -0.2) is 50.1 Å². The number of nitrogens with zero attached hydrogens (tertiary/aromatic N) is 2. The highest BCUT2D eigenvalue weighted by atomic mass is 35.5. The third kappa shape index (κ3) is 5.92. The number of aromatic nitrogens is 1. The van der Waals surface area contributed by atoms with Crippen molar-refractivity contribution in [2.75, 3.05) is 44.9 Å².